The number of benzene rings is 1. The number of morpholine rings is 1. The molecule has 0 saturated carbocycles. The van der Waals surface area contributed by atoms with Crippen molar-refractivity contribution in [2.75, 3.05) is 25.1 Å². The third-order valence-electron chi connectivity index (χ3n) is 3.12. The minimum Gasteiger partial charge on any atom is -0.378 e. The number of hydrogen-bond donors (Lipinski definition) is 2. The summed E-state index contributed by atoms with van der Waals surface area (Å²) in [6.07, 6.45) is 3.58. The maximum Gasteiger partial charge on any atom is 0.243 e. The van der Waals surface area contributed by atoms with Crippen LogP contribution in [0.4, 0.5) is 5.69 Å². The maximum atomic E-state index is 12.1. The van der Waals surface area contributed by atoms with Gasteiger partial charge in [-0.1, -0.05) is 6.07 Å². The second kappa shape index (κ2) is 5.85. The van der Waals surface area contributed by atoms with Gasteiger partial charge in [0.05, 0.1) is 18.9 Å². The van der Waals surface area contributed by atoms with Crippen molar-refractivity contribution in [3.8, 4) is 5.69 Å². The van der Waals surface area contributed by atoms with Crippen LogP contribution in [0.25, 0.3) is 5.69 Å². The van der Waals surface area contributed by atoms with E-state index in [4.69, 9.17) is 4.74 Å². The molecular formula is C14H16N4O2. The zero-order valence-corrected chi connectivity index (χ0v) is 11.0. The molecule has 104 valence electrons. The predicted octanol–water partition coefficient (Wildman–Crippen LogP) is 0.799. The largest absolute Gasteiger partial charge is 0.378 e. The number of amides is 1. The van der Waals surface area contributed by atoms with Gasteiger partial charge in [-0.15, -0.1) is 0 Å². The molecule has 0 spiro atoms. The maximum absolute atomic E-state index is 12.1. The molecule has 20 heavy (non-hydrogen) atoms. The van der Waals surface area contributed by atoms with Crippen LogP contribution >= 0.6 is 0 Å². The smallest absolute Gasteiger partial charge is 0.243 e. The molecule has 1 amide bonds. The highest BCUT2D eigenvalue weighted by Crippen LogP contribution is 2.14. The van der Waals surface area contributed by atoms with E-state index in [9.17, 15) is 4.79 Å². The standard InChI is InChI=1S/C14H16N4O2/c19-14(13-10-20-8-6-15-13)17-11-3-1-4-12(9-11)18-7-2-5-16-18/h1-5,7,9,13,15H,6,8,10H2,(H,17,19). The van der Waals surface area contributed by atoms with E-state index in [0.29, 0.717) is 19.8 Å². The van der Waals surface area contributed by atoms with Gasteiger partial charge in [-0.3, -0.25) is 4.79 Å². The fourth-order valence-corrected chi connectivity index (χ4v) is 2.11. The van der Waals surface area contributed by atoms with Gasteiger partial charge in [0.2, 0.25) is 5.91 Å². The molecule has 1 unspecified atom stereocenters. The minimum absolute atomic E-state index is 0.0812. The Morgan fingerprint density at radius 3 is 3.15 bits per heavy atom. The highest BCUT2D eigenvalue weighted by Gasteiger charge is 2.21. The van der Waals surface area contributed by atoms with Gasteiger partial charge in [-0.2, -0.15) is 5.10 Å². The van der Waals surface area contributed by atoms with Crippen molar-refractivity contribution >= 4 is 11.6 Å². The lowest BCUT2D eigenvalue weighted by atomic mass is 10.2. The van der Waals surface area contributed by atoms with E-state index in [2.05, 4.69) is 15.7 Å². The first kappa shape index (κ1) is 12.8. The number of carbonyl (C=O) groups is 1. The SMILES string of the molecule is O=C(Nc1cccc(-n2cccn2)c1)C1COCCN1. The lowest BCUT2D eigenvalue weighted by molar-refractivity contribution is -0.120. The fourth-order valence-electron chi connectivity index (χ4n) is 2.11. The Kier molecular flexibility index (Phi) is 3.76. The van der Waals surface area contributed by atoms with Crippen molar-refractivity contribution in [2.24, 2.45) is 0 Å². The summed E-state index contributed by atoms with van der Waals surface area (Å²) in [4.78, 5) is 12.1. The van der Waals surface area contributed by atoms with Gasteiger partial charge in [0.1, 0.15) is 6.04 Å². The minimum atomic E-state index is -0.294. The zero-order chi connectivity index (χ0) is 13.8. The molecule has 2 heterocycles. The topological polar surface area (TPSA) is 68.2 Å². The number of carbonyl (C=O) groups excluding carboxylic acids is 1. The van der Waals surface area contributed by atoms with E-state index in [1.54, 1.807) is 10.9 Å². The molecule has 0 aliphatic carbocycles. The van der Waals surface area contributed by atoms with Crippen molar-refractivity contribution in [1.82, 2.24) is 15.1 Å². The van der Waals surface area contributed by atoms with Crippen LogP contribution in [0.2, 0.25) is 0 Å². The lowest BCUT2D eigenvalue weighted by Crippen LogP contribution is -2.48. The number of anilines is 1. The molecule has 1 fully saturated rings. The first-order valence-electron chi connectivity index (χ1n) is 6.55. The van der Waals surface area contributed by atoms with Crippen molar-refractivity contribution in [3.05, 3.63) is 42.7 Å². The number of rotatable bonds is 3. The molecule has 6 nitrogen and oxygen atoms in total. The van der Waals surface area contributed by atoms with Crippen LogP contribution in [0.5, 0.6) is 0 Å². The molecule has 1 atom stereocenters. The summed E-state index contributed by atoms with van der Waals surface area (Å²) in [6, 6.07) is 9.12. The second-order valence-corrected chi connectivity index (χ2v) is 4.57. The van der Waals surface area contributed by atoms with Gasteiger partial charge < -0.3 is 15.4 Å². The highest BCUT2D eigenvalue weighted by atomic mass is 16.5. The van der Waals surface area contributed by atoms with E-state index < -0.39 is 0 Å². The Bertz CT molecular complexity index is 577. The average Bonchev–Trinajstić information content (AvgIpc) is 3.03. The molecule has 0 bridgehead atoms. The molecule has 1 aliphatic rings. The van der Waals surface area contributed by atoms with E-state index in [1.165, 1.54) is 0 Å². The molecule has 1 aliphatic heterocycles. The Morgan fingerprint density at radius 1 is 1.45 bits per heavy atom. The molecule has 1 aromatic carbocycles. The fraction of sp³-hybridized carbons (Fsp3) is 0.286. The van der Waals surface area contributed by atoms with Crippen LogP contribution in [-0.2, 0) is 9.53 Å². The predicted molar refractivity (Wildman–Crippen MR) is 74.8 cm³/mol. The Labute approximate surface area is 116 Å². The molecule has 1 saturated heterocycles. The van der Waals surface area contributed by atoms with Crippen LogP contribution in [-0.4, -0.2) is 41.5 Å². The molecular weight excluding hydrogens is 256 g/mol. The summed E-state index contributed by atoms with van der Waals surface area (Å²) in [7, 11) is 0. The van der Waals surface area contributed by atoms with Gasteiger partial charge in [0.15, 0.2) is 0 Å². The molecule has 2 N–H and O–H groups in total. The van der Waals surface area contributed by atoms with Crippen molar-refractivity contribution in [3.63, 3.8) is 0 Å². The lowest BCUT2D eigenvalue weighted by Gasteiger charge is -2.22. The third kappa shape index (κ3) is 2.87. The Morgan fingerprint density at radius 2 is 2.40 bits per heavy atom. The van der Waals surface area contributed by atoms with Gasteiger partial charge >= 0.3 is 0 Å². The van der Waals surface area contributed by atoms with Crippen molar-refractivity contribution < 1.29 is 9.53 Å². The van der Waals surface area contributed by atoms with Gasteiger partial charge in [0, 0.05) is 24.6 Å². The Hall–Kier alpha value is -2.18. The van der Waals surface area contributed by atoms with Gasteiger partial charge in [0.25, 0.3) is 0 Å². The van der Waals surface area contributed by atoms with E-state index in [0.717, 1.165) is 11.4 Å². The van der Waals surface area contributed by atoms with Crippen molar-refractivity contribution in [2.45, 2.75) is 6.04 Å². The van der Waals surface area contributed by atoms with Crippen LogP contribution in [0, 0.1) is 0 Å². The summed E-state index contributed by atoms with van der Waals surface area (Å²) in [6.45, 7) is 1.76. The number of nitrogens with one attached hydrogen (secondary N) is 2. The van der Waals surface area contributed by atoms with E-state index in [1.807, 2.05) is 36.5 Å². The van der Waals surface area contributed by atoms with Gasteiger partial charge in [-0.25, -0.2) is 4.68 Å². The summed E-state index contributed by atoms with van der Waals surface area (Å²) >= 11 is 0. The van der Waals surface area contributed by atoms with Crippen LogP contribution in [0.3, 0.4) is 0 Å². The number of nitrogens with zero attached hydrogens (tertiary/aromatic N) is 2. The molecule has 2 aromatic rings. The molecule has 1 aromatic heterocycles. The van der Waals surface area contributed by atoms with Gasteiger partial charge in [-0.05, 0) is 24.3 Å². The monoisotopic (exact) mass is 272 g/mol. The molecule has 3 rings (SSSR count). The summed E-state index contributed by atoms with van der Waals surface area (Å²) in [5.41, 5.74) is 1.65. The second-order valence-electron chi connectivity index (χ2n) is 4.57. The van der Waals surface area contributed by atoms with E-state index in [-0.39, 0.29) is 11.9 Å². The number of ether oxygens (including phenoxy) is 1. The molecule has 6 heteroatoms. The summed E-state index contributed by atoms with van der Waals surface area (Å²) < 4.78 is 7.03. The quantitative estimate of drug-likeness (QED) is 0.867. The first-order chi connectivity index (χ1) is 9.83. The summed E-state index contributed by atoms with van der Waals surface area (Å²) in [5.74, 6) is -0.0812. The Balaban J connectivity index is 1.71. The van der Waals surface area contributed by atoms with Crippen LogP contribution in [0.15, 0.2) is 42.7 Å². The highest BCUT2D eigenvalue weighted by molar-refractivity contribution is 5.95. The van der Waals surface area contributed by atoms with Crippen LogP contribution < -0.4 is 10.6 Å². The molecule has 0 radical (unpaired) electrons. The van der Waals surface area contributed by atoms with Crippen LogP contribution in [0.1, 0.15) is 0 Å². The van der Waals surface area contributed by atoms with E-state index >= 15 is 0 Å². The normalized spacial score (nSPS) is 18.7. The number of hydrogen-bond acceptors (Lipinski definition) is 4. The average molecular weight is 272 g/mol. The summed E-state index contributed by atoms with van der Waals surface area (Å²) in [5, 5.41) is 10.2. The van der Waals surface area contributed by atoms with Crippen molar-refractivity contribution in [1.29, 1.82) is 0 Å². The third-order valence-corrected chi connectivity index (χ3v) is 3.12. The first-order valence-corrected chi connectivity index (χ1v) is 6.55. The zero-order valence-electron chi connectivity index (χ0n) is 11.0. The number of aromatic nitrogens is 2.